The summed E-state index contributed by atoms with van der Waals surface area (Å²) >= 11 is 0. The number of carbonyl (C=O) groups is 3. The van der Waals surface area contributed by atoms with Crippen LogP contribution in [0.4, 0.5) is 17.1 Å². The highest BCUT2D eigenvalue weighted by atomic mass is 16.3. The number of aliphatic hydroxyl groups excluding tert-OH is 1. The number of likely N-dealkylation sites (tertiary alicyclic amines) is 1. The summed E-state index contributed by atoms with van der Waals surface area (Å²) in [6.07, 6.45) is 8.16. The fraction of sp³-hybridized carbons (Fsp3) is 0.457. The highest BCUT2D eigenvalue weighted by Gasteiger charge is 2.55. The van der Waals surface area contributed by atoms with E-state index in [1.807, 2.05) is 36.4 Å². The molecule has 45 heavy (non-hydrogen) atoms. The van der Waals surface area contributed by atoms with Crippen molar-refractivity contribution < 1.29 is 24.6 Å². The maximum atomic E-state index is 14.3. The molecular formula is C35H43N5O5. The van der Waals surface area contributed by atoms with Crippen molar-refractivity contribution in [3.8, 4) is 0 Å². The van der Waals surface area contributed by atoms with Crippen LogP contribution in [0.25, 0.3) is 0 Å². The second kappa shape index (κ2) is 12.4. The Balaban J connectivity index is 1.31. The molecule has 4 aliphatic heterocycles. The van der Waals surface area contributed by atoms with E-state index in [9.17, 15) is 24.6 Å². The Bertz CT molecular complexity index is 1490. The molecule has 4 aliphatic rings. The average Bonchev–Trinajstić information content (AvgIpc) is 3.72. The van der Waals surface area contributed by atoms with Crippen LogP contribution >= 0.6 is 0 Å². The van der Waals surface area contributed by atoms with Gasteiger partial charge < -0.3 is 30.2 Å². The quantitative estimate of drug-likeness (QED) is 0.373. The lowest BCUT2D eigenvalue weighted by Gasteiger charge is -2.39. The molecule has 3 saturated heterocycles. The monoisotopic (exact) mass is 613 g/mol. The Morgan fingerprint density at radius 3 is 2.58 bits per heavy atom. The zero-order valence-electron chi connectivity index (χ0n) is 25.9. The van der Waals surface area contributed by atoms with Crippen molar-refractivity contribution in [2.24, 2.45) is 5.92 Å². The van der Waals surface area contributed by atoms with Crippen molar-refractivity contribution in [1.29, 1.82) is 0 Å². The van der Waals surface area contributed by atoms with E-state index in [0.717, 1.165) is 31.6 Å². The van der Waals surface area contributed by atoms with E-state index < -0.39 is 23.0 Å². The van der Waals surface area contributed by atoms with Gasteiger partial charge in [0.15, 0.2) is 5.60 Å². The maximum Gasteiger partial charge on any atom is 0.264 e. The summed E-state index contributed by atoms with van der Waals surface area (Å²) in [6.45, 7) is 8.19. The van der Waals surface area contributed by atoms with Crippen LogP contribution in [0, 0.1) is 5.92 Å². The molecule has 0 unspecified atom stereocenters. The van der Waals surface area contributed by atoms with Crippen LogP contribution in [0.2, 0.25) is 0 Å². The molecule has 4 heterocycles. The minimum absolute atomic E-state index is 0.0122. The molecule has 10 heteroatoms. The fourth-order valence-corrected chi connectivity index (χ4v) is 7.56. The van der Waals surface area contributed by atoms with Crippen molar-refractivity contribution in [2.75, 3.05) is 54.2 Å². The van der Waals surface area contributed by atoms with E-state index >= 15 is 0 Å². The van der Waals surface area contributed by atoms with Gasteiger partial charge in [-0.15, -0.1) is 6.58 Å². The van der Waals surface area contributed by atoms with E-state index in [4.69, 9.17) is 0 Å². The Morgan fingerprint density at radius 1 is 1.11 bits per heavy atom. The standard InChI is InChI=1S/C35H43N5O5/c1-3-20-38-30-15-14-27(39-24-40(26-10-5-4-6-11-26)34(32(39)43)16-18-36-19-17-34)22-29(30)35(45,33(38)44)25(2)9-7-13-31(42)37-21-8-12-28(37)23-41/h3-7,9-11,14-15,22,25,28,36,41,45H,1,8,12-13,16-21,23-24H2,2H3/b9-7+/t25-,28-,35+/m0/s1. The second-order valence-electron chi connectivity index (χ2n) is 12.6. The van der Waals surface area contributed by atoms with Gasteiger partial charge in [0.1, 0.15) is 5.54 Å². The van der Waals surface area contributed by atoms with Crippen LogP contribution in [0.15, 0.2) is 73.3 Å². The molecule has 3 amide bonds. The van der Waals surface area contributed by atoms with Gasteiger partial charge in [-0.05, 0) is 69.1 Å². The van der Waals surface area contributed by atoms with Gasteiger partial charge in [-0.2, -0.15) is 0 Å². The smallest absolute Gasteiger partial charge is 0.264 e. The number of rotatable bonds is 9. The summed E-state index contributed by atoms with van der Waals surface area (Å²) in [7, 11) is 0. The third kappa shape index (κ3) is 5.14. The lowest BCUT2D eigenvalue weighted by atomic mass is 9.82. The largest absolute Gasteiger partial charge is 0.394 e. The number of benzene rings is 2. The number of hydrogen-bond acceptors (Lipinski definition) is 7. The molecule has 3 fully saturated rings. The van der Waals surface area contributed by atoms with Crippen LogP contribution < -0.4 is 20.0 Å². The van der Waals surface area contributed by atoms with Crippen molar-refractivity contribution in [2.45, 2.75) is 56.2 Å². The molecule has 3 N–H and O–H groups in total. The van der Waals surface area contributed by atoms with E-state index in [1.165, 1.54) is 4.90 Å². The fourth-order valence-electron chi connectivity index (χ4n) is 7.56. The van der Waals surface area contributed by atoms with E-state index in [-0.39, 0.29) is 37.4 Å². The first-order chi connectivity index (χ1) is 21.8. The van der Waals surface area contributed by atoms with Crippen molar-refractivity contribution in [1.82, 2.24) is 10.2 Å². The molecule has 0 aromatic heterocycles. The zero-order valence-corrected chi connectivity index (χ0v) is 25.9. The second-order valence-corrected chi connectivity index (χ2v) is 12.6. The Morgan fingerprint density at radius 2 is 1.87 bits per heavy atom. The van der Waals surface area contributed by atoms with Gasteiger partial charge in [-0.1, -0.05) is 43.4 Å². The van der Waals surface area contributed by atoms with Crippen molar-refractivity contribution in [3.63, 3.8) is 0 Å². The molecule has 2 aromatic rings. The lowest BCUT2D eigenvalue weighted by molar-refractivity contribution is -0.139. The normalized spacial score (nSPS) is 25.1. The summed E-state index contributed by atoms with van der Waals surface area (Å²) in [4.78, 5) is 48.2. The topological polar surface area (TPSA) is 117 Å². The highest BCUT2D eigenvalue weighted by Crippen LogP contribution is 2.48. The van der Waals surface area contributed by atoms with Crippen LogP contribution in [0.1, 0.15) is 44.6 Å². The number of carbonyl (C=O) groups excluding carboxylic acids is 3. The van der Waals surface area contributed by atoms with E-state index in [0.29, 0.717) is 43.0 Å². The van der Waals surface area contributed by atoms with Crippen LogP contribution in [-0.4, -0.2) is 83.9 Å². The Kier molecular flexibility index (Phi) is 8.56. The number of aliphatic hydroxyl groups is 2. The number of para-hydroxylation sites is 1. The molecular weight excluding hydrogens is 570 g/mol. The zero-order chi connectivity index (χ0) is 31.8. The lowest BCUT2D eigenvalue weighted by Crippen LogP contribution is -2.55. The summed E-state index contributed by atoms with van der Waals surface area (Å²) in [6, 6.07) is 15.3. The van der Waals surface area contributed by atoms with Crippen LogP contribution in [-0.2, 0) is 20.0 Å². The van der Waals surface area contributed by atoms with E-state index in [1.54, 1.807) is 47.1 Å². The molecule has 6 rings (SSSR count). The van der Waals surface area contributed by atoms with Crippen LogP contribution in [0.3, 0.4) is 0 Å². The first kappa shape index (κ1) is 31.0. The van der Waals surface area contributed by atoms with Gasteiger partial charge in [0.25, 0.3) is 11.8 Å². The summed E-state index contributed by atoms with van der Waals surface area (Å²) < 4.78 is 0. The summed E-state index contributed by atoms with van der Waals surface area (Å²) in [5, 5.41) is 25.2. The number of hydrogen-bond donors (Lipinski definition) is 3. The van der Waals surface area contributed by atoms with Gasteiger partial charge in [0.05, 0.1) is 25.0 Å². The third-order valence-electron chi connectivity index (χ3n) is 10.1. The highest BCUT2D eigenvalue weighted by molar-refractivity contribution is 6.10. The molecule has 10 nitrogen and oxygen atoms in total. The Hall–Kier alpha value is -3.99. The molecule has 0 saturated carbocycles. The minimum Gasteiger partial charge on any atom is -0.394 e. The molecule has 238 valence electrons. The number of fused-ring (bicyclic) bond motifs is 1. The molecule has 0 aliphatic carbocycles. The first-order valence-corrected chi connectivity index (χ1v) is 16.0. The predicted molar refractivity (Wildman–Crippen MR) is 174 cm³/mol. The molecule has 2 aromatic carbocycles. The van der Waals surface area contributed by atoms with Crippen molar-refractivity contribution in [3.05, 3.63) is 78.9 Å². The van der Waals surface area contributed by atoms with E-state index in [2.05, 4.69) is 16.8 Å². The van der Waals surface area contributed by atoms with Crippen molar-refractivity contribution >= 4 is 34.8 Å². The number of amides is 3. The van der Waals surface area contributed by atoms with Gasteiger partial charge >= 0.3 is 0 Å². The summed E-state index contributed by atoms with van der Waals surface area (Å²) in [5.74, 6) is -1.21. The summed E-state index contributed by atoms with van der Waals surface area (Å²) in [5.41, 5.74) is 0.0299. The van der Waals surface area contributed by atoms with Crippen LogP contribution in [0.5, 0.6) is 0 Å². The number of anilines is 3. The third-order valence-corrected chi connectivity index (χ3v) is 10.1. The Labute approximate surface area is 264 Å². The molecule has 0 radical (unpaired) electrons. The van der Waals surface area contributed by atoms with Gasteiger partial charge in [-0.3, -0.25) is 19.3 Å². The van der Waals surface area contributed by atoms with Gasteiger partial charge in [0.2, 0.25) is 5.91 Å². The molecule has 1 spiro atoms. The minimum atomic E-state index is -1.90. The maximum absolute atomic E-state index is 14.3. The van der Waals surface area contributed by atoms with Gasteiger partial charge in [0, 0.05) is 42.4 Å². The first-order valence-electron chi connectivity index (χ1n) is 16.0. The number of piperidine rings is 1. The number of nitrogens with zero attached hydrogens (tertiary/aromatic N) is 4. The SMILES string of the molecule is C=CCN1C(=O)[C@@](O)([C@@H](C)/C=C/CC(=O)N2CCC[C@H]2CO)c2cc(N3CN(c4ccccc4)C4(CCNCC4)C3=O)ccc21. The molecule has 0 bridgehead atoms. The van der Waals surface area contributed by atoms with Gasteiger partial charge in [-0.25, -0.2) is 0 Å². The number of nitrogens with one attached hydrogen (secondary N) is 1. The average molecular weight is 614 g/mol. The molecule has 3 atom stereocenters. The predicted octanol–water partition coefficient (Wildman–Crippen LogP) is 2.91.